The molecule has 0 aliphatic heterocycles. The number of para-hydroxylation sites is 1. The fourth-order valence-electron chi connectivity index (χ4n) is 1.35. The average molecular weight is 194 g/mol. The molecule has 4 heteroatoms. The summed E-state index contributed by atoms with van der Waals surface area (Å²) in [5, 5.41) is 11.6. The molecule has 0 N–H and O–H groups in total. The van der Waals surface area contributed by atoms with Gasteiger partial charge in [0, 0.05) is 0 Å². The lowest BCUT2D eigenvalue weighted by molar-refractivity contribution is -0.494. The summed E-state index contributed by atoms with van der Waals surface area (Å²) in [6, 6.07) is 7.34. The molecule has 4 nitrogen and oxygen atoms in total. The number of benzene rings is 1. The molecule has 0 saturated heterocycles. The molecular weight excluding hydrogens is 180 g/mol. The Kier molecular flexibility index (Phi) is 3.45. The van der Waals surface area contributed by atoms with Gasteiger partial charge in [-0.2, -0.15) is 0 Å². The van der Waals surface area contributed by atoms with E-state index in [1.807, 2.05) is 32.0 Å². The number of nitro groups is 1. The summed E-state index contributed by atoms with van der Waals surface area (Å²) >= 11 is 0. The molecule has 0 amide bonds. The predicted octanol–water partition coefficient (Wildman–Crippen LogP) is 2.40. The molecule has 1 aromatic rings. The Balaban J connectivity index is 2.99. The zero-order valence-corrected chi connectivity index (χ0v) is 8.43. The number of anilines is 1. The monoisotopic (exact) mass is 194 g/mol. The Morgan fingerprint density at radius 3 is 2.57 bits per heavy atom. The lowest BCUT2D eigenvalue weighted by Gasteiger charge is -2.14. The van der Waals surface area contributed by atoms with Gasteiger partial charge in [-0.3, -0.25) is 0 Å². The van der Waals surface area contributed by atoms with Crippen molar-refractivity contribution in [2.45, 2.75) is 20.3 Å². The Morgan fingerprint density at radius 1 is 1.43 bits per heavy atom. The molecule has 14 heavy (non-hydrogen) atoms. The number of nitrogens with zero attached hydrogens (tertiary/aromatic N) is 2. The van der Waals surface area contributed by atoms with E-state index in [4.69, 9.17) is 0 Å². The molecule has 0 aliphatic carbocycles. The number of rotatable bonds is 4. The molecule has 0 atom stereocenters. The van der Waals surface area contributed by atoms with Crippen molar-refractivity contribution in [3.63, 3.8) is 0 Å². The molecule has 0 radical (unpaired) electrons. The first kappa shape index (κ1) is 10.5. The normalized spacial score (nSPS) is 9.86. The van der Waals surface area contributed by atoms with Crippen molar-refractivity contribution in [1.82, 2.24) is 0 Å². The molecular formula is C10H14N2O2. The van der Waals surface area contributed by atoms with Crippen LogP contribution in [0.5, 0.6) is 0 Å². The Labute approximate surface area is 83.3 Å². The summed E-state index contributed by atoms with van der Waals surface area (Å²) in [6.07, 6.45) is 0.759. The number of hydrazine groups is 1. The molecule has 0 bridgehead atoms. The van der Waals surface area contributed by atoms with Crippen molar-refractivity contribution in [1.29, 1.82) is 0 Å². The standard InChI is InChI=1S/C10H14N2O2/c1-3-8-11(12(13)14)10-7-5-4-6-9(10)2/h4-7H,3,8H2,1-2H3. The van der Waals surface area contributed by atoms with E-state index >= 15 is 0 Å². The highest BCUT2D eigenvalue weighted by atomic mass is 16.7. The molecule has 0 aromatic heterocycles. The second kappa shape index (κ2) is 4.60. The second-order valence-electron chi connectivity index (χ2n) is 3.15. The lowest BCUT2D eigenvalue weighted by atomic mass is 10.2. The molecule has 76 valence electrons. The van der Waals surface area contributed by atoms with E-state index in [9.17, 15) is 10.1 Å². The molecule has 0 unspecified atom stereocenters. The van der Waals surface area contributed by atoms with Crippen molar-refractivity contribution in [3.05, 3.63) is 39.9 Å². The van der Waals surface area contributed by atoms with Crippen molar-refractivity contribution in [2.75, 3.05) is 11.6 Å². The maximum atomic E-state index is 10.8. The minimum atomic E-state index is -0.355. The summed E-state index contributed by atoms with van der Waals surface area (Å²) < 4.78 is 0. The van der Waals surface area contributed by atoms with Gasteiger partial charge in [0.15, 0.2) is 5.03 Å². The molecule has 0 saturated carbocycles. The first-order chi connectivity index (χ1) is 6.66. The van der Waals surface area contributed by atoms with Gasteiger partial charge < -0.3 is 0 Å². The average Bonchev–Trinajstić information content (AvgIpc) is 2.15. The topological polar surface area (TPSA) is 46.4 Å². The van der Waals surface area contributed by atoms with Crippen molar-refractivity contribution < 1.29 is 5.03 Å². The van der Waals surface area contributed by atoms with Crippen molar-refractivity contribution in [2.24, 2.45) is 0 Å². The summed E-state index contributed by atoms with van der Waals surface area (Å²) in [4.78, 5) is 10.8. The third kappa shape index (κ3) is 2.22. The van der Waals surface area contributed by atoms with Gasteiger partial charge in [0.25, 0.3) is 0 Å². The maximum Gasteiger partial charge on any atom is 0.165 e. The van der Waals surface area contributed by atoms with Crippen LogP contribution in [0.1, 0.15) is 18.9 Å². The van der Waals surface area contributed by atoms with Gasteiger partial charge in [0.2, 0.25) is 0 Å². The SMILES string of the molecule is CCCN(c1ccccc1C)[N+](=O)[O-]. The van der Waals surface area contributed by atoms with Crippen LogP contribution in [0.2, 0.25) is 0 Å². The van der Waals surface area contributed by atoms with Gasteiger partial charge in [0.05, 0.1) is 6.54 Å². The first-order valence-corrected chi connectivity index (χ1v) is 4.64. The molecule has 0 aliphatic rings. The van der Waals surface area contributed by atoms with Crippen LogP contribution in [0.25, 0.3) is 0 Å². The minimum absolute atomic E-state index is 0.355. The highest BCUT2D eigenvalue weighted by Gasteiger charge is 2.17. The van der Waals surface area contributed by atoms with E-state index in [1.165, 1.54) is 5.01 Å². The molecule has 0 fully saturated rings. The number of hydrogen-bond acceptors (Lipinski definition) is 2. The third-order valence-corrected chi connectivity index (χ3v) is 2.03. The Hall–Kier alpha value is -1.58. The highest BCUT2D eigenvalue weighted by molar-refractivity contribution is 5.50. The second-order valence-corrected chi connectivity index (χ2v) is 3.15. The molecule has 1 aromatic carbocycles. The van der Waals surface area contributed by atoms with Crippen LogP contribution >= 0.6 is 0 Å². The number of aryl methyl sites for hydroxylation is 1. The van der Waals surface area contributed by atoms with E-state index in [0.717, 1.165) is 12.0 Å². The Morgan fingerprint density at radius 2 is 2.07 bits per heavy atom. The van der Waals surface area contributed by atoms with Gasteiger partial charge in [-0.25, -0.2) is 10.1 Å². The zero-order valence-electron chi connectivity index (χ0n) is 8.43. The fourth-order valence-corrected chi connectivity index (χ4v) is 1.35. The van der Waals surface area contributed by atoms with E-state index in [-0.39, 0.29) is 5.03 Å². The largest absolute Gasteiger partial charge is 0.234 e. The van der Waals surface area contributed by atoms with E-state index < -0.39 is 0 Å². The van der Waals surface area contributed by atoms with E-state index in [2.05, 4.69) is 0 Å². The molecule has 1 rings (SSSR count). The van der Waals surface area contributed by atoms with Crippen molar-refractivity contribution in [3.8, 4) is 0 Å². The smallest absolute Gasteiger partial charge is 0.165 e. The summed E-state index contributed by atoms with van der Waals surface area (Å²) in [7, 11) is 0. The number of hydrogen-bond donors (Lipinski definition) is 0. The van der Waals surface area contributed by atoms with Crippen LogP contribution in [0.3, 0.4) is 0 Å². The maximum absolute atomic E-state index is 10.8. The quantitative estimate of drug-likeness (QED) is 0.546. The molecule has 0 spiro atoms. The van der Waals surface area contributed by atoms with Crippen LogP contribution in [-0.4, -0.2) is 11.6 Å². The van der Waals surface area contributed by atoms with Gasteiger partial charge >= 0.3 is 0 Å². The predicted molar refractivity (Wildman–Crippen MR) is 55.8 cm³/mol. The molecule has 0 heterocycles. The first-order valence-electron chi connectivity index (χ1n) is 4.64. The highest BCUT2D eigenvalue weighted by Crippen LogP contribution is 2.19. The van der Waals surface area contributed by atoms with Gasteiger partial charge in [-0.1, -0.05) is 30.1 Å². The summed E-state index contributed by atoms with van der Waals surface area (Å²) in [5.41, 5.74) is 1.61. The van der Waals surface area contributed by atoms with Crippen LogP contribution in [0, 0.1) is 17.0 Å². The van der Waals surface area contributed by atoms with Gasteiger partial charge in [0.1, 0.15) is 5.69 Å². The minimum Gasteiger partial charge on any atom is -0.234 e. The van der Waals surface area contributed by atoms with Gasteiger partial charge in [-0.15, -0.1) is 0 Å². The van der Waals surface area contributed by atoms with Crippen LogP contribution in [0.15, 0.2) is 24.3 Å². The van der Waals surface area contributed by atoms with E-state index in [0.29, 0.717) is 12.2 Å². The Bertz CT molecular complexity index is 326. The van der Waals surface area contributed by atoms with E-state index in [1.54, 1.807) is 6.07 Å². The van der Waals surface area contributed by atoms with Crippen molar-refractivity contribution >= 4 is 5.69 Å². The van der Waals surface area contributed by atoms with Crippen LogP contribution in [0.4, 0.5) is 5.69 Å². The fraction of sp³-hybridized carbons (Fsp3) is 0.400. The zero-order chi connectivity index (χ0) is 10.6. The lowest BCUT2D eigenvalue weighted by Crippen LogP contribution is -2.31. The summed E-state index contributed by atoms with van der Waals surface area (Å²) in [5.74, 6) is 0. The van der Waals surface area contributed by atoms with Gasteiger partial charge in [-0.05, 0) is 25.0 Å². The summed E-state index contributed by atoms with van der Waals surface area (Å²) in [6.45, 7) is 4.24. The van der Waals surface area contributed by atoms with Crippen LogP contribution < -0.4 is 5.01 Å². The van der Waals surface area contributed by atoms with Crippen LogP contribution in [-0.2, 0) is 0 Å². The third-order valence-electron chi connectivity index (χ3n) is 2.03.